The summed E-state index contributed by atoms with van der Waals surface area (Å²) in [6, 6.07) is 6.61. The van der Waals surface area contributed by atoms with Crippen LogP contribution in [-0.2, 0) is 18.1 Å². The third-order valence-electron chi connectivity index (χ3n) is 5.70. The summed E-state index contributed by atoms with van der Waals surface area (Å²) in [5.41, 5.74) is -1.34. The van der Waals surface area contributed by atoms with Gasteiger partial charge in [-0.05, 0) is 55.1 Å². The molecule has 1 fully saturated rings. The van der Waals surface area contributed by atoms with E-state index < -0.39 is 17.6 Å². The number of hydrogen-bond acceptors (Lipinski definition) is 5. The molecule has 188 valence electrons. The Morgan fingerprint density at radius 2 is 2.09 bits per heavy atom. The van der Waals surface area contributed by atoms with E-state index >= 15 is 0 Å². The van der Waals surface area contributed by atoms with E-state index in [1.807, 2.05) is 33.0 Å². The van der Waals surface area contributed by atoms with Gasteiger partial charge < -0.3 is 19.0 Å². The van der Waals surface area contributed by atoms with Crippen molar-refractivity contribution in [1.82, 2.24) is 9.88 Å². The summed E-state index contributed by atoms with van der Waals surface area (Å²) < 4.78 is 53.3. The van der Waals surface area contributed by atoms with Crippen molar-refractivity contribution in [2.24, 2.45) is 4.99 Å². The summed E-state index contributed by atoms with van der Waals surface area (Å²) in [5, 5.41) is 3.27. The summed E-state index contributed by atoms with van der Waals surface area (Å²) in [5.74, 6) is -0.0315. The second-order valence-corrected chi connectivity index (χ2v) is 10.6. The van der Waals surface area contributed by atoms with Gasteiger partial charge in [0.2, 0.25) is 0 Å². The molecule has 1 aromatic carbocycles. The molecule has 1 atom stereocenters. The molecular weight excluding hydrogens is 479 g/mol. The Bertz CT molecular complexity index is 1230. The highest BCUT2D eigenvalue weighted by Crippen LogP contribution is 2.33. The molecule has 0 bridgehead atoms. The minimum Gasteiger partial charge on any atom is -0.491 e. The van der Waals surface area contributed by atoms with E-state index in [1.54, 1.807) is 16.9 Å². The molecule has 0 aliphatic carbocycles. The first kappa shape index (κ1) is 25.2. The van der Waals surface area contributed by atoms with E-state index in [4.69, 9.17) is 9.15 Å². The lowest BCUT2D eigenvalue weighted by Gasteiger charge is -2.15. The molecule has 2 aromatic heterocycles. The average molecular weight is 508 g/mol. The van der Waals surface area contributed by atoms with Crippen LogP contribution in [0.15, 0.2) is 52.2 Å². The van der Waals surface area contributed by atoms with Crippen LogP contribution in [-0.4, -0.2) is 29.7 Å². The third-order valence-corrected chi connectivity index (χ3v) is 7.15. The summed E-state index contributed by atoms with van der Waals surface area (Å²) >= 11 is 1.32. The number of ether oxygens (including phenoxy) is 1. The Morgan fingerprint density at radius 1 is 1.29 bits per heavy atom. The first-order valence-electron chi connectivity index (χ1n) is 11.4. The number of nitrogens with one attached hydrogen (secondary N) is 1. The van der Waals surface area contributed by atoms with Crippen molar-refractivity contribution in [3.8, 4) is 5.75 Å². The largest absolute Gasteiger partial charge is 0.491 e. The summed E-state index contributed by atoms with van der Waals surface area (Å²) in [6.07, 6.45) is 0.773. The van der Waals surface area contributed by atoms with Crippen LogP contribution >= 0.6 is 11.3 Å². The van der Waals surface area contributed by atoms with E-state index in [0.717, 1.165) is 36.4 Å². The Hall–Kier alpha value is -2.85. The van der Waals surface area contributed by atoms with E-state index in [-0.39, 0.29) is 29.4 Å². The Morgan fingerprint density at radius 3 is 2.71 bits per heavy atom. The van der Waals surface area contributed by atoms with Crippen LogP contribution in [0.4, 0.5) is 13.2 Å². The molecule has 4 rings (SSSR count). The van der Waals surface area contributed by atoms with Gasteiger partial charge in [0.25, 0.3) is 5.91 Å². The first-order valence-corrected chi connectivity index (χ1v) is 12.2. The number of benzene rings is 1. The van der Waals surface area contributed by atoms with Gasteiger partial charge in [-0.25, -0.2) is 0 Å². The van der Waals surface area contributed by atoms with Gasteiger partial charge >= 0.3 is 6.18 Å². The van der Waals surface area contributed by atoms with Crippen molar-refractivity contribution in [1.29, 1.82) is 0 Å². The number of aromatic nitrogens is 1. The molecule has 3 aromatic rings. The van der Waals surface area contributed by atoms with Crippen LogP contribution in [0.2, 0.25) is 0 Å². The molecule has 1 aliphatic rings. The number of carbonyl (C=O) groups excluding carboxylic acids is 1. The standard InChI is InChI=1S/C25H28F3N3O3S/c1-24(2,3)21-14-31(13-18-7-5-11-33-18)23(35-21)30-22(32)19-12-16(25(26,27)28)8-9-20(19)34-15-17-6-4-10-29-17/h5,7-9,11-12,14,17,29H,4,6,10,13,15H2,1-3H3/b30-23-/t17-/m1/s1. The zero-order valence-electron chi connectivity index (χ0n) is 19.8. The fraction of sp³-hybridized carbons (Fsp3) is 0.440. The SMILES string of the molecule is CC(C)(C)c1cn(Cc2ccco2)/c(=N/C(=O)c2cc(C(F)(F)F)ccc2OC[C@H]2CCCN2)s1. The number of carbonyl (C=O) groups is 1. The van der Waals surface area contributed by atoms with E-state index in [0.29, 0.717) is 17.1 Å². The predicted octanol–water partition coefficient (Wildman–Crippen LogP) is 5.38. The second-order valence-electron chi connectivity index (χ2n) is 9.57. The molecule has 0 radical (unpaired) electrons. The molecule has 1 aliphatic heterocycles. The van der Waals surface area contributed by atoms with Gasteiger partial charge in [0, 0.05) is 17.1 Å². The molecule has 1 saturated heterocycles. The smallest absolute Gasteiger partial charge is 0.416 e. The highest BCUT2D eigenvalue weighted by atomic mass is 32.1. The lowest BCUT2D eigenvalue weighted by atomic mass is 9.95. The van der Waals surface area contributed by atoms with Gasteiger partial charge in [0.05, 0.1) is 23.9 Å². The van der Waals surface area contributed by atoms with Crippen LogP contribution in [0.5, 0.6) is 5.75 Å². The van der Waals surface area contributed by atoms with E-state index in [1.165, 1.54) is 17.4 Å². The van der Waals surface area contributed by atoms with Gasteiger partial charge in [-0.1, -0.05) is 20.8 Å². The minimum atomic E-state index is -4.60. The Kier molecular flexibility index (Phi) is 7.23. The quantitative estimate of drug-likeness (QED) is 0.487. The van der Waals surface area contributed by atoms with Crippen molar-refractivity contribution in [2.45, 2.75) is 57.8 Å². The molecule has 6 nitrogen and oxygen atoms in total. The number of hydrogen-bond donors (Lipinski definition) is 1. The average Bonchev–Trinajstić information content (AvgIpc) is 3.54. The molecule has 1 N–H and O–H groups in total. The molecule has 0 spiro atoms. The van der Waals surface area contributed by atoms with E-state index in [9.17, 15) is 18.0 Å². The number of thiazole rings is 1. The predicted molar refractivity (Wildman–Crippen MR) is 127 cm³/mol. The van der Waals surface area contributed by atoms with Crippen LogP contribution in [0.3, 0.4) is 0 Å². The fourth-order valence-corrected chi connectivity index (χ4v) is 4.78. The summed E-state index contributed by atoms with van der Waals surface area (Å²) in [7, 11) is 0. The van der Waals surface area contributed by atoms with Crippen molar-refractivity contribution >= 4 is 17.2 Å². The van der Waals surface area contributed by atoms with Crippen LogP contribution in [0, 0.1) is 0 Å². The maximum Gasteiger partial charge on any atom is 0.416 e. The van der Waals surface area contributed by atoms with Gasteiger partial charge in [0.15, 0.2) is 4.80 Å². The zero-order chi connectivity index (χ0) is 25.2. The highest BCUT2D eigenvalue weighted by Gasteiger charge is 2.32. The third kappa shape index (κ3) is 6.24. The molecule has 1 amide bonds. The Balaban J connectivity index is 1.72. The van der Waals surface area contributed by atoms with Crippen LogP contribution in [0.25, 0.3) is 0 Å². The highest BCUT2D eigenvalue weighted by molar-refractivity contribution is 7.09. The van der Waals surface area contributed by atoms with Crippen molar-refractivity contribution in [3.05, 3.63) is 69.4 Å². The summed E-state index contributed by atoms with van der Waals surface area (Å²) in [6.45, 7) is 7.58. The molecule has 35 heavy (non-hydrogen) atoms. The maximum atomic E-state index is 13.4. The van der Waals surface area contributed by atoms with Gasteiger partial charge in [-0.3, -0.25) is 4.79 Å². The van der Waals surface area contributed by atoms with Gasteiger partial charge in [0.1, 0.15) is 18.1 Å². The number of nitrogens with zero attached hydrogens (tertiary/aromatic N) is 2. The topological polar surface area (TPSA) is 68.8 Å². The molecule has 3 heterocycles. The number of furan rings is 1. The molecule has 10 heteroatoms. The lowest BCUT2D eigenvalue weighted by molar-refractivity contribution is -0.137. The number of halogens is 3. The number of rotatable bonds is 6. The first-order chi connectivity index (χ1) is 16.5. The van der Waals surface area contributed by atoms with Crippen LogP contribution in [0.1, 0.15) is 60.2 Å². The van der Waals surface area contributed by atoms with Crippen LogP contribution < -0.4 is 14.9 Å². The number of amides is 1. The molecule has 0 unspecified atom stereocenters. The maximum absolute atomic E-state index is 13.4. The summed E-state index contributed by atoms with van der Waals surface area (Å²) in [4.78, 5) is 18.9. The lowest BCUT2D eigenvalue weighted by Crippen LogP contribution is -2.28. The minimum absolute atomic E-state index is 0.0886. The normalized spacial score (nSPS) is 17.2. The van der Waals surface area contributed by atoms with Gasteiger partial charge in [-0.2, -0.15) is 18.2 Å². The van der Waals surface area contributed by atoms with Crippen molar-refractivity contribution in [3.63, 3.8) is 0 Å². The van der Waals surface area contributed by atoms with E-state index in [2.05, 4.69) is 10.3 Å². The van der Waals surface area contributed by atoms with Crippen molar-refractivity contribution in [2.75, 3.05) is 13.2 Å². The van der Waals surface area contributed by atoms with Crippen molar-refractivity contribution < 1.29 is 27.1 Å². The second kappa shape index (κ2) is 10.0. The monoisotopic (exact) mass is 507 g/mol. The molecule has 0 saturated carbocycles. The zero-order valence-corrected chi connectivity index (χ0v) is 20.6. The number of alkyl halides is 3. The Labute approximate surface area is 205 Å². The fourth-order valence-electron chi connectivity index (χ4n) is 3.73. The van der Waals surface area contributed by atoms with Gasteiger partial charge in [-0.15, -0.1) is 11.3 Å². The molecular formula is C25H28F3N3O3S.